The lowest BCUT2D eigenvalue weighted by molar-refractivity contribution is 0.0496. The molecule has 7 nitrogen and oxygen atoms in total. The van der Waals surface area contributed by atoms with Gasteiger partial charge in [-0.2, -0.15) is 0 Å². The first-order valence-corrected chi connectivity index (χ1v) is 14.6. The number of rotatable bonds is 9. The molecule has 0 aliphatic carbocycles. The maximum atomic E-state index is 17.1. The highest BCUT2D eigenvalue weighted by Gasteiger charge is 2.58. The minimum absolute atomic E-state index is 0.280. The topological polar surface area (TPSA) is 107 Å². The van der Waals surface area contributed by atoms with Crippen LogP contribution in [0.5, 0.6) is 0 Å². The summed E-state index contributed by atoms with van der Waals surface area (Å²) in [4.78, 5) is 11.5. The van der Waals surface area contributed by atoms with Crippen LogP contribution in [0.25, 0.3) is 0 Å². The average Bonchev–Trinajstić information content (AvgIpc) is 2.83. The fourth-order valence-corrected chi connectivity index (χ4v) is 8.12. The molecule has 0 radical (unpaired) electrons. The molecule has 0 spiro atoms. The van der Waals surface area contributed by atoms with Crippen LogP contribution in [0, 0.1) is 5.82 Å². The molecule has 38 heavy (non-hydrogen) atoms. The van der Waals surface area contributed by atoms with Crippen molar-refractivity contribution >= 4 is 25.8 Å². The molecule has 11 heteroatoms. The number of alkyl carbamates (subject to hydrolysis) is 1. The lowest BCUT2D eigenvalue weighted by Crippen LogP contribution is -2.50. The third-order valence-corrected chi connectivity index (χ3v) is 10.5. The number of ether oxygens (including phenoxy) is 1. The lowest BCUT2D eigenvalue weighted by atomic mass is 10.0. The molecule has 1 unspecified atom stereocenters. The standard InChI is InChI=1S/C27H29F2NO6S2/c1-26(2,3)36-25(31)30-22(18-20-11-10-12-21(28)17-20)19-27(29,37(32,33)23-13-6-4-7-14-23)38(34,35)24-15-8-5-9-16-24/h4-17,22H,18-19H2,1-3H3,(H,30,31). The summed E-state index contributed by atoms with van der Waals surface area (Å²) in [5.41, 5.74) is -0.672. The largest absolute Gasteiger partial charge is 0.444 e. The van der Waals surface area contributed by atoms with Gasteiger partial charge in [-0.05, 0) is 69.2 Å². The number of amides is 1. The minimum atomic E-state index is -5.19. The number of hydrogen-bond donors (Lipinski definition) is 1. The van der Waals surface area contributed by atoms with Gasteiger partial charge in [0, 0.05) is 12.5 Å². The maximum Gasteiger partial charge on any atom is 0.407 e. The summed E-state index contributed by atoms with van der Waals surface area (Å²) in [6.07, 6.45) is -2.50. The van der Waals surface area contributed by atoms with Gasteiger partial charge in [-0.15, -0.1) is 0 Å². The van der Waals surface area contributed by atoms with Gasteiger partial charge in [0.05, 0.1) is 9.79 Å². The number of benzene rings is 3. The van der Waals surface area contributed by atoms with Crippen LogP contribution in [0.4, 0.5) is 13.6 Å². The monoisotopic (exact) mass is 565 g/mol. The number of nitrogens with one attached hydrogen (secondary N) is 1. The molecule has 1 amide bonds. The van der Waals surface area contributed by atoms with Crippen LogP contribution >= 0.6 is 0 Å². The lowest BCUT2D eigenvalue weighted by Gasteiger charge is -2.30. The second-order valence-corrected chi connectivity index (χ2v) is 14.2. The summed E-state index contributed by atoms with van der Waals surface area (Å²) >= 11 is 0. The number of carbonyl (C=O) groups is 1. The van der Waals surface area contributed by atoms with Crippen molar-refractivity contribution in [3.63, 3.8) is 0 Å². The van der Waals surface area contributed by atoms with E-state index in [9.17, 15) is 26.0 Å². The Kier molecular flexibility index (Phi) is 8.62. The second-order valence-electron chi connectivity index (χ2n) is 9.67. The van der Waals surface area contributed by atoms with Crippen LogP contribution in [0.2, 0.25) is 0 Å². The Morgan fingerprint density at radius 2 is 1.34 bits per heavy atom. The predicted molar refractivity (Wildman–Crippen MR) is 139 cm³/mol. The van der Waals surface area contributed by atoms with Crippen molar-refractivity contribution in [3.8, 4) is 0 Å². The molecule has 0 saturated carbocycles. The first-order chi connectivity index (χ1) is 17.7. The molecule has 0 aromatic heterocycles. The third-order valence-electron chi connectivity index (χ3n) is 5.49. The van der Waals surface area contributed by atoms with Crippen molar-refractivity contribution in [1.82, 2.24) is 5.32 Å². The Balaban J connectivity index is 2.15. The van der Waals surface area contributed by atoms with E-state index in [-0.39, 0.29) is 12.0 Å². The molecule has 3 aromatic carbocycles. The highest BCUT2D eigenvalue weighted by atomic mass is 32.3. The zero-order valence-electron chi connectivity index (χ0n) is 21.1. The molecule has 1 N–H and O–H groups in total. The summed E-state index contributed by atoms with van der Waals surface area (Å²) < 4.78 is 87.0. The van der Waals surface area contributed by atoms with E-state index >= 15 is 4.39 Å². The molecular weight excluding hydrogens is 536 g/mol. The van der Waals surface area contributed by atoms with E-state index in [1.807, 2.05) is 0 Å². The van der Waals surface area contributed by atoms with E-state index in [1.54, 1.807) is 20.8 Å². The number of alkyl halides is 1. The van der Waals surface area contributed by atoms with Crippen LogP contribution in [-0.4, -0.2) is 38.9 Å². The van der Waals surface area contributed by atoms with Gasteiger partial charge in [0.2, 0.25) is 19.7 Å². The molecule has 0 heterocycles. The number of halogens is 2. The predicted octanol–water partition coefficient (Wildman–Crippen LogP) is 5.22. The molecule has 0 aliphatic rings. The van der Waals surface area contributed by atoms with Crippen molar-refractivity contribution in [2.45, 2.75) is 59.4 Å². The summed E-state index contributed by atoms with van der Waals surface area (Å²) in [5, 5.41) is 2.39. The SMILES string of the molecule is CC(C)(C)OC(=O)NC(Cc1cccc(F)c1)CC(F)(S(=O)(=O)c1ccccc1)S(=O)(=O)c1ccccc1. The minimum Gasteiger partial charge on any atom is -0.444 e. The van der Waals surface area contributed by atoms with E-state index in [4.69, 9.17) is 4.74 Å². The first-order valence-electron chi connectivity index (χ1n) is 11.7. The van der Waals surface area contributed by atoms with E-state index < -0.39 is 63.8 Å². The van der Waals surface area contributed by atoms with Crippen LogP contribution < -0.4 is 5.32 Å². The maximum absolute atomic E-state index is 17.1. The summed E-state index contributed by atoms with van der Waals surface area (Å²) in [5.74, 6) is -0.612. The van der Waals surface area contributed by atoms with Gasteiger partial charge in [0.15, 0.2) is 0 Å². The molecule has 1 atom stereocenters. The molecule has 0 bridgehead atoms. The Bertz CT molecular complexity index is 1400. The second kappa shape index (κ2) is 11.2. The number of carbonyl (C=O) groups excluding carboxylic acids is 1. The van der Waals surface area contributed by atoms with Gasteiger partial charge in [0.25, 0.3) is 0 Å². The van der Waals surface area contributed by atoms with Crippen molar-refractivity contribution in [2.75, 3.05) is 0 Å². The van der Waals surface area contributed by atoms with E-state index in [2.05, 4.69) is 5.32 Å². The Morgan fingerprint density at radius 1 is 0.842 bits per heavy atom. The van der Waals surface area contributed by atoms with Gasteiger partial charge < -0.3 is 10.1 Å². The van der Waals surface area contributed by atoms with Crippen LogP contribution in [0.3, 0.4) is 0 Å². The van der Waals surface area contributed by atoms with E-state index in [0.717, 1.165) is 30.3 Å². The van der Waals surface area contributed by atoms with Gasteiger partial charge in [-0.1, -0.05) is 48.5 Å². The smallest absolute Gasteiger partial charge is 0.407 e. The van der Waals surface area contributed by atoms with Crippen molar-refractivity contribution < 1.29 is 35.1 Å². The van der Waals surface area contributed by atoms with Gasteiger partial charge >= 0.3 is 10.4 Å². The van der Waals surface area contributed by atoms with Gasteiger partial charge in [0.1, 0.15) is 11.4 Å². The van der Waals surface area contributed by atoms with Crippen molar-refractivity contribution in [1.29, 1.82) is 0 Å². The fourth-order valence-electron chi connectivity index (χ4n) is 3.81. The van der Waals surface area contributed by atoms with Crippen LogP contribution in [-0.2, 0) is 30.8 Å². The van der Waals surface area contributed by atoms with Crippen LogP contribution in [0.15, 0.2) is 94.7 Å². The zero-order valence-corrected chi connectivity index (χ0v) is 22.7. The number of hydrogen-bond acceptors (Lipinski definition) is 6. The van der Waals surface area contributed by atoms with E-state index in [1.165, 1.54) is 54.6 Å². The quantitative estimate of drug-likeness (QED) is 0.381. The molecular formula is C27H29F2NO6S2. The summed E-state index contributed by atoms with van der Waals surface area (Å²) in [7, 11) is -10.4. The summed E-state index contributed by atoms with van der Waals surface area (Å²) in [6, 6.07) is 16.5. The Hall–Kier alpha value is -3.31. The highest BCUT2D eigenvalue weighted by Crippen LogP contribution is 2.41. The van der Waals surface area contributed by atoms with Crippen molar-refractivity contribution in [2.24, 2.45) is 0 Å². The third kappa shape index (κ3) is 6.57. The zero-order chi connectivity index (χ0) is 28.2. The summed E-state index contributed by atoms with van der Waals surface area (Å²) in [6.45, 7) is 4.77. The molecule has 204 valence electrons. The van der Waals surface area contributed by atoms with Gasteiger partial charge in [-0.25, -0.2) is 30.4 Å². The van der Waals surface area contributed by atoms with E-state index in [0.29, 0.717) is 0 Å². The van der Waals surface area contributed by atoms with Crippen LogP contribution in [0.1, 0.15) is 32.8 Å². The first kappa shape index (κ1) is 29.2. The Labute approximate surface area is 221 Å². The van der Waals surface area contributed by atoms with Gasteiger partial charge in [-0.3, -0.25) is 0 Å². The average molecular weight is 566 g/mol. The molecule has 0 aliphatic heterocycles. The molecule has 0 fully saturated rings. The number of sulfone groups is 2. The highest BCUT2D eigenvalue weighted by molar-refractivity contribution is 8.10. The molecule has 0 saturated heterocycles. The van der Waals surface area contributed by atoms with Crippen molar-refractivity contribution in [3.05, 3.63) is 96.3 Å². The molecule has 3 aromatic rings. The molecule has 3 rings (SSSR count). The Morgan fingerprint density at radius 3 is 1.79 bits per heavy atom. The fraction of sp³-hybridized carbons (Fsp3) is 0.296. The normalized spacial score (nSPS) is 13.5.